The number of hydrogen-bond donors (Lipinski definition) is 2. The van der Waals surface area contributed by atoms with Gasteiger partial charge in [0.2, 0.25) is 5.91 Å². The Hall–Kier alpha value is -0.570. The minimum atomic E-state index is -0.252. The van der Waals surface area contributed by atoms with Crippen LogP contribution in [0.1, 0.15) is 34.1 Å². The van der Waals surface area contributed by atoms with Crippen LogP contribution in [0, 0.1) is 5.92 Å². The van der Waals surface area contributed by atoms with E-state index in [1.807, 2.05) is 13.8 Å². The van der Waals surface area contributed by atoms with Gasteiger partial charge in [0.15, 0.2) is 0 Å². The van der Waals surface area contributed by atoms with E-state index in [0.29, 0.717) is 12.0 Å². The predicted octanol–water partition coefficient (Wildman–Crippen LogP) is 0.884. The normalized spacial score (nSPS) is 13.8. The number of nitrogens with two attached hydrogens (primary N) is 1. The maximum Gasteiger partial charge on any atom is 0.234 e. The van der Waals surface area contributed by atoms with Gasteiger partial charge in [-0.25, -0.2) is 0 Å². The fraction of sp³-hybridized carbons (Fsp3) is 0.889. The van der Waals surface area contributed by atoms with Crippen LogP contribution in [0.2, 0.25) is 0 Å². The molecule has 3 nitrogen and oxygen atoms in total. The highest BCUT2D eigenvalue weighted by Gasteiger charge is 2.16. The summed E-state index contributed by atoms with van der Waals surface area (Å²) in [6.07, 6.45) is 0.813. The van der Waals surface area contributed by atoms with Gasteiger partial charge in [-0.3, -0.25) is 4.79 Å². The van der Waals surface area contributed by atoms with Crippen LogP contribution in [-0.2, 0) is 4.79 Å². The summed E-state index contributed by atoms with van der Waals surface area (Å²) in [4.78, 5) is 10.9. The van der Waals surface area contributed by atoms with Gasteiger partial charge in [0.05, 0.1) is 6.04 Å². The number of primary amides is 1. The van der Waals surface area contributed by atoms with E-state index in [0.717, 1.165) is 6.42 Å². The third kappa shape index (κ3) is 5.13. The molecule has 3 N–H and O–H groups in total. The summed E-state index contributed by atoms with van der Waals surface area (Å²) in [5.41, 5.74) is 5.23. The number of rotatable bonds is 5. The van der Waals surface area contributed by atoms with E-state index in [2.05, 4.69) is 19.2 Å². The van der Waals surface area contributed by atoms with Gasteiger partial charge in [-0.2, -0.15) is 0 Å². The molecule has 0 aromatic heterocycles. The second kappa shape index (κ2) is 5.14. The molecule has 1 amide bonds. The second-order valence-corrected chi connectivity index (χ2v) is 3.91. The molecule has 0 bridgehead atoms. The van der Waals surface area contributed by atoms with Crippen LogP contribution in [-0.4, -0.2) is 18.0 Å². The highest BCUT2D eigenvalue weighted by molar-refractivity contribution is 5.79. The van der Waals surface area contributed by atoms with E-state index in [1.54, 1.807) is 0 Å². The van der Waals surface area contributed by atoms with Crippen molar-refractivity contribution in [2.45, 2.75) is 46.2 Å². The summed E-state index contributed by atoms with van der Waals surface area (Å²) < 4.78 is 0. The summed E-state index contributed by atoms with van der Waals surface area (Å²) >= 11 is 0. The van der Waals surface area contributed by atoms with Crippen molar-refractivity contribution >= 4 is 5.91 Å². The van der Waals surface area contributed by atoms with Gasteiger partial charge in [-0.05, 0) is 12.3 Å². The van der Waals surface area contributed by atoms with Crippen LogP contribution in [0.4, 0.5) is 0 Å². The number of nitrogens with one attached hydrogen (secondary N) is 1. The molecule has 0 saturated carbocycles. The average molecular weight is 172 g/mol. The molecule has 72 valence electrons. The van der Waals surface area contributed by atoms with Gasteiger partial charge in [0, 0.05) is 6.04 Å². The Bertz CT molecular complexity index is 133. The maximum absolute atomic E-state index is 10.9. The first-order valence-corrected chi connectivity index (χ1v) is 4.48. The predicted molar refractivity (Wildman–Crippen MR) is 50.7 cm³/mol. The Morgan fingerprint density at radius 2 is 1.83 bits per heavy atom. The third-order valence-corrected chi connectivity index (χ3v) is 1.59. The van der Waals surface area contributed by atoms with E-state index in [1.165, 1.54) is 0 Å². The molecule has 12 heavy (non-hydrogen) atoms. The Labute approximate surface area is 74.7 Å². The highest BCUT2D eigenvalue weighted by atomic mass is 16.1. The number of carbonyl (C=O) groups excluding carboxylic acids is 1. The minimum Gasteiger partial charge on any atom is -0.368 e. The lowest BCUT2D eigenvalue weighted by atomic mass is 10.0. The molecule has 0 aliphatic carbocycles. The molecular formula is C9H20N2O. The largest absolute Gasteiger partial charge is 0.368 e. The first kappa shape index (κ1) is 11.4. The van der Waals surface area contributed by atoms with Crippen molar-refractivity contribution < 1.29 is 4.79 Å². The molecule has 3 heteroatoms. The van der Waals surface area contributed by atoms with Crippen LogP contribution in [0.25, 0.3) is 0 Å². The summed E-state index contributed by atoms with van der Waals surface area (Å²) in [7, 11) is 0. The van der Waals surface area contributed by atoms with Crippen molar-refractivity contribution in [3.05, 3.63) is 0 Å². The van der Waals surface area contributed by atoms with Gasteiger partial charge in [-0.1, -0.05) is 27.7 Å². The quantitative estimate of drug-likeness (QED) is 0.647. The molecule has 0 aliphatic heterocycles. The summed E-state index contributed by atoms with van der Waals surface area (Å²) in [5, 5.41) is 3.14. The van der Waals surface area contributed by atoms with Crippen molar-refractivity contribution in [1.82, 2.24) is 5.32 Å². The summed E-state index contributed by atoms with van der Waals surface area (Å²) in [6.45, 7) is 8.18. The van der Waals surface area contributed by atoms with Gasteiger partial charge in [0.1, 0.15) is 0 Å². The average Bonchev–Trinajstić information content (AvgIpc) is 1.83. The van der Waals surface area contributed by atoms with Crippen LogP contribution in [0.15, 0.2) is 0 Å². The zero-order valence-corrected chi connectivity index (χ0v) is 8.42. The van der Waals surface area contributed by atoms with Gasteiger partial charge in [0.25, 0.3) is 0 Å². The van der Waals surface area contributed by atoms with Gasteiger partial charge < -0.3 is 11.1 Å². The van der Waals surface area contributed by atoms with Crippen LogP contribution in [0.5, 0.6) is 0 Å². The zero-order chi connectivity index (χ0) is 9.72. The fourth-order valence-corrected chi connectivity index (χ4v) is 1.14. The molecule has 0 spiro atoms. The molecular weight excluding hydrogens is 152 g/mol. The first-order chi connectivity index (χ1) is 5.43. The van der Waals surface area contributed by atoms with E-state index in [9.17, 15) is 4.79 Å². The van der Waals surface area contributed by atoms with Gasteiger partial charge >= 0.3 is 0 Å². The smallest absolute Gasteiger partial charge is 0.234 e. The molecule has 0 saturated heterocycles. The molecule has 0 aromatic rings. The van der Waals surface area contributed by atoms with E-state index < -0.39 is 0 Å². The monoisotopic (exact) mass is 172 g/mol. The SMILES string of the molecule is CC(C)C[C@H](NC(C)C)C(N)=O. The summed E-state index contributed by atoms with van der Waals surface area (Å²) in [6, 6.07) is 0.131. The molecule has 0 aromatic carbocycles. The Morgan fingerprint density at radius 1 is 1.33 bits per heavy atom. The lowest BCUT2D eigenvalue weighted by molar-refractivity contribution is -0.120. The Morgan fingerprint density at radius 3 is 2.08 bits per heavy atom. The molecule has 0 aliphatic rings. The number of hydrogen-bond acceptors (Lipinski definition) is 2. The van der Waals surface area contributed by atoms with E-state index in [4.69, 9.17) is 5.73 Å². The van der Waals surface area contributed by atoms with Crippen LogP contribution >= 0.6 is 0 Å². The van der Waals surface area contributed by atoms with Crippen molar-refractivity contribution in [3.63, 3.8) is 0 Å². The minimum absolute atomic E-state index is 0.176. The fourth-order valence-electron chi connectivity index (χ4n) is 1.14. The molecule has 0 radical (unpaired) electrons. The van der Waals surface area contributed by atoms with Crippen LogP contribution in [0.3, 0.4) is 0 Å². The Balaban J connectivity index is 3.96. The topological polar surface area (TPSA) is 55.1 Å². The molecule has 0 unspecified atom stereocenters. The standard InChI is InChI=1S/C9H20N2O/c1-6(2)5-8(9(10)12)11-7(3)4/h6-8,11H,5H2,1-4H3,(H2,10,12)/t8-/m0/s1. The first-order valence-electron chi connectivity index (χ1n) is 4.48. The maximum atomic E-state index is 10.9. The molecule has 0 heterocycles. The second-order valence-electron chi connectivity index (χ2n) is 3.91. The van der Waals surface area contributed by atoms with Crippen LogP contribution < -0.4 is 11.1 Å². The lowest BCUT2D eigenvalue weighted by Crippen LogP contribution is -2.45. The van der Waals surface area contributed by atoms with Crippen molar-refractivity contribution in [2.75, 3.05) is 0 Å². The Kier molecular flexibility index (Phi) is 4.90. The van der Waals surface area contributed by atoms with E-state index >= 15 is 0 Å². The van der Waals surface area contributed by atoms with Gasteiger partial charge in [-0.15, -0.1) is 0 Å². The molecule has 0 rings (SSSR count). The highest BCUT2D eigenvalue weighted by Crippen LogP contribution is 2.04. The van der Waals surface area contributed by atoms with Crippen molar-refractivity contribution in [3.8, 4) is 0 Å². The van der Waals surface area contributed by atoms with Crippen molar-refractivity contribution in [1.29, 1.82) is 0 Å². The lowest BCUT2D eigenvalue weighted by Gasteiger charge is -2.19. The number of carbonyl (C=O) groups is 1. The van der Waals surface area contributed by atoms with Crippen molar-refractivity contribution in [2.24, 2.45) is 11.7 Å². The summed E-state index contributed by atoms with van der Waals surface area (Å²) in [5.74, 6) is 0.242. The number of amides is 1. The zero-order valence-electron chi connectivity index (χ0n) is 8.42. The van der Waals surface area contributed by atoms with E-state index in [-0.39, 0.29) is 11.9 Å². The molecule has 1 atom stereocenters. The molecule has 0 fully saturated rings. The third-order valence-electron chi connectivity index (χ3n) is 1.59.